The van der Waals surface area contributed by atoms with E-state index in [1.165, 1.54) is 0 Å². The Morgan fingerprint density at radius 3 is 2.36 bits per heavy atom. The molecule has 0 aliphatic carbocycles. The van der Waals surface area contributed by atoms with Gasteiger partial charge in [-0.15, -0.1) is 0 Å². The molecule has 25 heavy (non-hydrogen) atoms. The van der Waals surface area contributed by atoms with Crippen molar-refractivity contribution in [3.63, 3.8) is 0 Å². The summed E-state index contributed by atoms with van der Waals surface area (Å²) in [5.74, 6) is -1.43. The Morgan fingerprint density at radius 1 is 1.16 bits per heavy atom. The van der Waals surface area contributed by atoms with Crippen molar-refractivity contribution in [2.24, 2.45) is 0 Å². The topological polar surface area (TPSA) is 92.5 Å². The largest absolute Gasteiger partial charge is 0.476 e. The van der Waals surface area contributed by atoms with Crippen molar-refractivity contribution in [3.8, 4) is 0 Å². The average molecular weight is 343 g/mol. The van der Waals surface area contributed by atoms with E-state index in [2.05, 4.69) is 5.10 Å². The molecule has 0 bridgehead atoms. The molecule has 7 heteroatoms. The van der Waals surface area contributed by atoms with Crippen molar-refractivity contribution in [1.82, 2.24) is 14.7 Å². The minimum atomic E-state index is -1.22. The van der Waals surface area contributed by atoms with Crippen LogP contribution in [0, 0.1) is 0 Å². The molecule has 2 heterocycles. The lowest BCUT2D eigenvalue weighted by molar-refractivity contribution is -0.138. The van der Waals surface area contributed by atoms with E-state index in [1.807, 2.05) is 13.8 Å². The number of nitrogens with zero attached hydrogens (tertiary/aromatic N) is 3. The first-order valence-electron chi connectivity index (χ1n) is 8.44. The molecular formula is C18H21N3O4. The van der Waals surface area contributed by atoms with Crippen LogP contribution in [0.15, 0.2) is 29.1 Å². The number of amides is 1. The van der Waals surface area contributed by atoms with E-state index in [1.54, 1.807) is 29.2 Å². The summed E-state index contributed by atoms with van der Waals surface area (Å²) in [4.78, 5) is 38.6. The van der Waals surface area contributed by atoms with Crippen LogP contribution in [-0.4, -0.2) is 43.7 Å². The fourth-order valence-corrected chi connectivity index (χ4v) is 3.62. The van der Waals surface area contributed by atoms with Crippen LogP contribution in [0.25, 0.3) is 10.8 Å². The van der Waals surface area contributed by atoms with Gasteiger partial charge in [-0.1, -0.05) is 18.2 Å². The van der Waals surface area contributed by atoms with Gasteiger partial charge in [0.05, 0.1) is 5.39 Å². The highest BCUT2D eigenvalue weighted by Gasteiger charge is 2.29. The van der Waals surface area contributed by atoms with Gasteiger partial charge in [-0.25, -0.2) is 9.48 Å². The second kappa shape index (κ2) is 6.66. The molecule has 1 aliphatic rings. The van der Waals surface area contributed by atoms with Gasteiger partial charge >= 0.3 is 5.97 Å². The predicted octanol–water partition coefficient (Wildman–Crippen LogP) is 1.88. The van der Waals surface area contributed by atoms with E-state index in [0.717, 1.165) is 23.9 Å². The van der Waals surface area contributed by atoms with Gasteiger partial charge in [0, 0.05) is 17.5 Å². The first-order chi connectivity index (χ1) is 11.9. The van der Waals surface area contributed by atoms with E-state index >= 15 is 0 Å². The number of carboxylic acids is 1. The van der Waals surface area contributed by atoms with Crippen LogP contribution in [0.5, 0.6) is 0 Å². The predicted molar refractivity (Wildman–Crippen MR) is 92.6 cm³/mol. The number of carbonyl (C=O) groups excluding carboxylic acids is 1. The van der Waals surface area contributed by atoms with Gasteiger partial charge in [0.2, 0.25) is 5.91 Å². The van der Waals surface area contributed by atoms with Crippen molar-refractivity contribution >= 4 is 22.6 Å². The molecule has 0 saturated carbocycles. The lowest BCUT2D eigenvalue weighted by Crippen LogP contribution is -2.49. The van der Waals surface area contributed by atoms with Crippen molar-refractivity contribution in [1.29, 1.82) is 0 Å². The molecule has 2 atom stereocenters. The number of carbonyl (C=O) groups is 2. The fourth-order valence-electron chi connectivity index (χ4n) is 3.62. The van der Waals surface area contributed by atoms with Crippen molar-refractivity contribution in [2.45, 2.75) is 51.7 Å². The zero-order valence-electron chi connectivity index (χ0n) is 14.3. The minimum Gasteiger partial charge on any atom is -0.476 e. The molecule has 1 N–H and O–H groups in total. The number of aromatic nitrogens is 2. The van der Waals surface area contributed by atoms with Crippen LogP contribution in [0.3, 0.4) is 0 Å². The Labute approximate surface area is 144 Å². The van der Waals surface area contributed by atoms with Crippen molar-refractivity contribution in [2.75, 3.05) is 0 Å². The van der Waals surface area contributed by atoms with Gasteiger partial charge in [-0.05, 0) is 39.2 Å². The summed E-state index contributed by atoms with van der Waals surface area (Å²) in [6.45, 7) is 3.73. The van der Waals surface area contributed by atoms with Crippen LogP contribution < -0.4 is 5.56 Å². The Morgan fingerprint density at radius 2 is 1.76 bits per heavy atom. The Bertz CT molecular complexity index is 880. The first kappa shape index (κ1) is 17.1. The molecule has 0 spiro atoms. The summed E-state index contributed by atoms with van der Waals surface area (Å²) in [7, 11) is 0. The number of carboxylic acid groups (broad SMARTS) is 1. The first-order valence-corrected chi connectivity index (χ1v) is 8.44. The SMILES string of the molecule is CC1CCCC(C)N1C(=O)Cn1nc(C(=O)O)c2ccccc2c1=O. The molecule has 1 aromatic carbocycles. The summed E-state index contributed by atoms with van der Waals surface area (Å²) in [6, 6.07) is 6.63. The standard InChI is InChI=1S/C18H21N3O4/c1-11-6-5-7-12(2)21(11)15(22)10-20-17(23)14-9-4-3-8-13(14)16(19-20)18(24)25/h3-4,8-9,11-12H,5-7,10H2,1-2H3,(H,24,25). The zero-order valence-corrected chi connectivity index (χ0v) is 14.3. The van der Waals surface area contributed by atoms with Gasteiger partial charge in [0.25, 0.3) is 5.56 Å². The summed E-state index contributed by atoms with van der Waals surface area (Å²) in [5.41, 5.74) is -0.672. The molecule has 2 aromatic rings. The molecule has 2 unspecified atom stereocenters. The number of piperidine rings is 1. The molecule has 3 rings (SSSR count). The number of benzene rings is 1. The maximum atomic E-state index is 12.7. The molecular weight excluding hydrogens is 322 g/mol. The molecule has 1 saturated heterocycles. The third-order valence-corrected chi connectivity index (χ3v) is 4.84. The van der Waals surface area contributed by atoms with Crippen LogP contribution >= 0.6 is 0 Å². The second-order valence-corrected chi connectivity index (χ2v) is 6.59. The number of rotatable bonds is 3. The lowest BCUT2D eigenvalue weighted by atomic mass is 9.97. The molecule has 1 fully saturated rings. The smallest absolute Gasteiger partial charge is 0.357 e. The molecule has 1 amide bonds. The number of likely N-dealkylation sites (tertiary alicyclic amines) is 1. The highest BCUT2D eigenvalue weighted by molar-refractivity contribution is 6.01. The van der Waals surface area contributed by atoms with E-state index in [0.29, 0.717) is 0 Å². The van der Waals surface area contributed by atoms with E-state index in [-0.39, 0.29) is 41.0 Å². The summed E-state index contributed by atoms with van der Waals surface area (Å²) in [6.07, 6.45) is 2.93. The summed E-state index contributed by atoms with van der Waals surface area (Å²) in [5, 5.41) is 13.9. The third-order valence-electron chi connectivity index (χ3n) is 4.84. The third kappa shape index (κ3) is 3.14. The second-order valence-electron chi connectivity index (χ2n) is 6.59. The van der Waals surface area contributed by atoms with Gasteiger partial charge in [0.1, 0.15) is 6.54 Å². The van der Waals surface area contributed by atoms with E-state index in [9.17, 15) is 19.5 Å². The van der Waals surface area contributed by atoms with Gasteiger partial charge in [-0.2, -0.15) is 5.10 Å². The van der Waals surface area contributed by atoms with Crippen LogP contribution in [0.4, 0.5) is 0 Å². The molecule has 1 aromatic heterocycles. The van der Waals surface area contributed by atoms with Gasteiger partial charge in [-0.3, -0.25) is 9.59 Å². The fraction of sp³-hybridized carbons (Fsp3) is 0.444. The van der Waals surface area contributed by atoms with E-state index in [4.69, 9.17) is 0 Å². The highest BCUT2D eigenvalue weighted by atomic mass is 16.4. The van der Waals surface area contributed by atoms with Gasteiger partial charge < -0.3 is 10.0 Å². The Kier molecular flexibility index (Phi) is 4.57. The van der Waals surface area contributed by atoms with E-state index < -0.39 is 11.5 Å². The maximum absolute atomic E-state index is 12.7. The maximum Gasteiger partial charge on any atom is 0.357 e. The van der Waals surface area contributed by atoms with Crippen molar-refractivity contribution in [3.05, 3.63) is 40.3 Å². The average Bonchev–Trinajstić information content (AvgIpc) is 2.57. The summed E-state index contributed by atoms with van der Waals surface area (Å²) >= 11 is 0. The minimum absolute atomic E-state index is 0.103. The normalized spacial score (nSPS) is 20.6. The number of hydrogen-bond acceptors (Lipinski definition) is 4. The van der Waals surface area contributed by atoms with Crippen molar-refractivity contribution < 1.29 is 14.7 Å². The van der Waals surface area contributed by atoms with Crippen LogP contribution in [0.1, 0.15) is 43.6 Å². The number of aromatic carboxylic acids is 1. The number of fused-ring (bicyclic) bond motifs is 1. The molecule has 0 radical (unpaired) electrons. The number of hydrogen-bond donors (Lipinski definition) is 1. The van der Waals surface area contributed by atoms with Crippen LogP contribution in [-0.2, 0) is 11.3 Å². The lowest BCUT2D eigenvalue weighted by Gasteiger charge is -2.39. The summed E-state index contributed by atoms with van der Waals surface area (Å²) < 4.78 is 0.974. The zero-order chi connectivity index (χ0) is 18.1. The highest BCUT2D eigenvalue weighted by Crippen LogP contribution is 2.23. The van der Waals surface area contributed by atoms with Crippen LogP contribution in [0.2, 0.25) is 0 Å². The Balaban J connectivity index is 2.01. The molecule has 7 nitrogen and oxygen atoms in total. The quantitative estimate of drug-likeness (QED) is 0.918. The van der Waals surface area contributed by atoms with Gasteiger partial charge in [0.15, 0.2) is 5.69 Å². The monoisotopic (exact) mass is 343 g/mol. The Hall–Kier alpha value is -2.70. The molecule has 1 aliphatic heterocycles. The molecule has 132 valence electrons.